The van der Waals surface area contributed by atoms with Crippen LogP contribution in [0.25, 0.3) is 0 Å². The van der Waals surface area contributed by atoms with E-state index >= 15 is 0 Å². The van der Waals surface area contributed by atoms with E-state index in [-0.39, 0.29) is 6.04 Å². The van der Waals surface area contributed by atoms with E-state index in [2.05, 4.69) is 65.2 Å². The standard InChI is InChI=1S/C15H19ClIN3/c1-3-7-20-10-12(9-19-20)15(18-4-2)11-5-6-14(17)13(16)8-11/h5-6,8-10,15,18H,3-4,7H2,1-2H3. The predicted molar refractivity (Wildman–Crippen MR) is 92.2 cm³/mol. The Morgan fingerprint density at radius 3 is 2.80 bits per heavy atom. The molecule has 0 aliphatic heterocycles. The Morgan fingerprint density at radius 2 is 2.15 bits per heavy atom. The molecule has 0 bridgehead atoms. The maximum Gasteiger partial charge on any atom is 0.0608 e. The van der Waals surface area contributed by atoms with Gasteiger partial charge in [-0.2, -0.15) is 5.10 Å². The van der Waals surface area contributed by atoms with E-state index in [0.29, 0.717) is 0 Å². The van der Waals surface area contributed by atoms with Gasteiger partial charge in [-0.25, -0.2) is 0 Å². The van der Waals surface area contributed by atoms with Crippen LogP contribution >= 0.6 is 34.2 Å². The second-order valence-electron chi connectivity index (χ2n) is 4.70. The average Bonchev–Trinajstić information content (AvgIpc) is 2.88. The average molecular weight is 404 g/mol. The minimum Gasteiger partial charge on any atom is -0.306 e. The zero-order valence-corrected chi connectivity index (χ0v) is 14.6. The van der Waals surface area contributed by atoms with Gasteiger partial charge in [-0.3, -0.25) is 4.68 Å². The highest BCUT2D eigenvalue weighted by Crippen LogP contribution is 2.27. The number of benzene rings is 1. The number of nitrogens with zero attached hydrogens (tertiary/aromatic N) is 2. The van der Waals surface area contributed by atoms with Crippen LogP contribution in [0.3, 0.4) is 0 Å². The summed E-state index contributed by atoms with van der Waals surface area (Å²) >= 11 is 8.49. The smallest absolute Gasteiger partial charge is 0.0608 e. The number of aromatic nitrogens is 2. The van der Waals surface area contributed by atoms with E-state index in [1.165, 1.54) is 11.1 Å². The van der Waals surface area contributed by atoms with Crippen molar-refractivity contribution in [2.45, 2.75) is 32.9 Å². The first-order valence-electron chi connectivity index (χ1n) is 6.86. The Kier molecular flexibility index (Phi) is 5.86. The van der Waals surface area contributed by atoms with E-state index in [1.54, 1.807) is 0 Å². The van der Waals surface area contributed by atoms with Crippen molar-refractivity contribution in [3.63, 3.8) is 0 Å². The van der Waals surface area contributed by atoms with Crippen molar-refractivity contribution in [2.24, 2.45) is 0 Å². The Labute approximate surface area is 138 Å². The van der Waals surface area contributed by atoms with E-state index < -0.39 is 0 Å². The van der Waals surface area contributed by atoms with Crippen molar-refractivity contribution in [1.82, 2.24) is 15.1 Å². The molecule has 2 rings (SSSR count). The molecular weight excluding hydrogens is 385 g/mol. The molecule has 0 aliphatic rings. The molecule has 108 valence electrons. The first-order valence-corrected chi connectivity index (χ1v) is 8.32. The molecular formula is C15H19ClIN3. The number of halogens is 2. The zero-order valence-electron chi connectivity index (χ0n) is 11.7. The lowest BCUT2D eigenvalue weighted by molar-refractivity contribution is 0.597. The lowest BCUT2D eigenvalue weighted by atomic mass is 10.0. The molecule has 20 heavy (non-hydrogen) atoms. The van der Waals surface area contributed by atoms with Gasteiger partial charge in [0.15, 0.2) is 0 Å². The summed E-state index contributed by atoms with van der Waals surface area (Å²) in [5.41, 5.74) is 2.35. The molecule has 3 nitrogen and oxygen atoms in total. The van der Waals surface area contributed by atoms with Crippen molar-refractivity contribution in [3.05, 3.63) is 50.3 Å². The number of aryl methyl sites for hydroxylation is 1. The van der Waals surface area contributed by atoms with Crippen molar-refractivity contribution in [2.75, 3.05) is 6.54 Å². The van der Waals surface area contributed by atoms with Crippen molar-refractivity contribution in [1.29, 1.82) is 0 Å². The van der Waals surface area contributed by atoms with Gasteiger partial charge in [0.2, 0.25) is 0 Å². The third-order valence-electron chi connectivity index (χ3n) is 3.12. The summed E-state index contributed by atoms with van der Waals surface area (Å²) < 4.78 is 3.07. The van der Waals surface area contributed by atoms with Crippen molar-refractivity contribution in [3.8, 4) is 0 Å². The number of hydrogen-bond acceptors (Lipinski definition) is 2. The molecule has 5 heteroatoms. The first-order chi connectivity index (χ1) is 9.65. The highest BCUT2D eigenvalue weighted by Gasteiger charge is 2.16. The van der Waals surface area contributed by atoms with Gasteiger partial charge in [0, 0.05) is 21.9 Å². The van der Waals surface area contributed by atoms with Crippen LogP contribution in [0.15, 0.2) is 30.6 Å². The SMILES string of the molecule is CCCn1cc(C(NCC)c2ccc(I)c(Cl)c2)cn1. The molecule has 0 radical (unpaired) electrons. The molecule has 1 aromatic heterocycles. The molecule has 2 aromatic rings. The number of nitrogens with one attached hydrogen (secondary N) is 1. The molecule has 0 saturated heterocycles. The Morgan fingerprint density at radius 1 is 1.35 bits per heavy atom. The molecule has 1 heterocycles. The second-order valence-corrected chi connectivity index (χ2v) is 6.27. The summed E-state index contributed by atoms with van der Waals surface area (Å²) in [5, 5.41) is 8.72. The van der Waals surface area contributed by atoms with Crippen molar-refractivity contribution < 1.29 is 0 Å². The molecule has 0 spiro atoms. The fraction of sp³-hybridized carbons (Fsp3) is 0.400. The fourth-order valence-corrected chi connectivity index (χ4v) is 2.73. The van der Waals surface area contributed by atoms with E-state index in [0.717, 1.165) is 28.1 Å². The van der Waals surface area contributed by atoms with Gasteiger partial charge in [0.1, 0.15) is 0 Å². The Bertz CT molecular complexity index is 568. The first kappa shape index (κ1) is 15.8. The van der Waals surface area contributed by atoms with E-state index in [1.807, 2.05) is 16.9 Å². The summed E-state index contributed by atoms with van der Waals surface area (Å²) in [5.74, 6) is 0. The van der Waals surface area contributed by atoms with Crippen LogP contribution in [0, 0.1) is 3.57 Å². The van der Waals surface area contributed by atoms with Crippen LogP contribution < -0.4 is 5.32 Å². The van der Waals surface area contributed by atoms with Gasteiger partial charge in [-0.15, -0.1) is 0 Å². The quantitative estimate of drug-likeness (QED) is 0.731. The molecule has 1 aromatic carbocycles. The number of hydrogen-bond donors (Lipinski definition) is 1. The molecule has 0 amide bonds. The van der Waals surface area contributed by atoms with E-state index in [4.69, 9.17) is 11.6 Å². The van der Waals surface area contributed by atoms with E-state index in [9.17, 15) is 0 Å². The summed E-state index contributed by atoms with van der Waals surface area (Å²) in [6.45, 7) is 6.11. The predicted octanol–water partition coefficient (Wildman–Crippen LogP) is 4.25. The molecule has 1 unspecified atom stereocenters. The summed E-state index contributed by atoms with van der Waals surface area (Å²) in [4.78, 5) is 0. The minimum atomic E-state index is 0.139. The fourth-order valence-electron chi connectivity index (χ4n) is 2.20. The molecule has 0 fully saturated rings. The normalized spacial score (nSPS) is 12.6. The summed E-state index contributed by atoms with van der Waals surface area (Å²) in [6.07, 6.45) is 5.14. The number of rotatable bonds is 6. The highest BCUT2D eigenvalue weighted by atomic mass is 127. The maximum atomic E-state index is 6.24. The van der Waals surface area contributed by atoms with Crippen LogP contribution in [0.1, 0.15) is 37.4 Å². The van der Waals surface area contributed by atoms with Crippen LogP contribution in [0.4, 0.5) is 0 Å². The zero-order chi connectivity index (χ0) is 14.5. The van der Waals surface area contributed by atoms with Gasteiger partial charge < -0.3 is 5.32 Å². The van der Waals surface area contributed by atoms with Gasteiger partial charge in [0.05, 0.1) is 17.3 Å². The molecule has 1 N–H and O–H groups in total. The summed E-state index contributed by atoms with van der Waals surface area (Å²) in [7, 11) is 0. The van der Waals surface area contributed by atoms with Gasteiger partial charge >= 0.3 is 0 Å². The Hall–Kier alpha value is -0.590. The lowest BCUT2D eigenvalue weighted by Gasteiger charge is -2.17. The van der Waals surface area contributed by atoms with Crippen LogP contribution in [-0.2, 0) is 6.54 Å². The third-order valence-corrected chi connectivity index (χ3v) is 4.70. The molecule has 1 atom stereocenters. The van der Waals surface area contributed by atoms with Crippen LogP contribution in [0.2, 0.25) is 5.02 Å². The molecule has 0 saturated carbocycles. The second kappa shape index (κ2) is 7.43. The maximum absolute atomic E-state index is 6.24. The summed E-state index contributed by atoms with van der Waals surface area (Å²) in [6, 6.07) is 6.35. The Balaban J connectivity index is 2.31. The third kappa shape index (κ3) is 3.74. The lowest BCUT2D eigenvalue weighted by Crippen LogP contribution is -2.21. The van der Waals surface area contributed by atoms with Gasteiger partial charge in [-0.1, -0.05) is 31.5 Å². The highest BCUT2D eigenvalue weighted by molar-refractivity contribution is 14.1. The van der Waals surface area contributed by atoms with Gasteiger partial charge in [0.25, 0.3) is 0 Å². The van der Waals surface area contributed by atoms with Crippen LogP contribution in [0.5, 0.6) is 0 Å². The molecule has 0 aliphatic carbocycles. The largest absolute Gasteiger partial charge is 0.306 e. The van der Waals surface area contributed by atoms with Crippen molar-refractivity contribution >= 4 is 34.2 Å². The minimum absolute atomic E-state index is 0.139. The van der Waals surface area contributed by atoms with Crippen LogP contribution in [-0.4, -0.2) is 16.3 Å². The topological polar surface area (TPSA) is 29.9 Å². The monoisotopic (exact) mass is 403 g/mol. The van der Waals surface area contributed by atoms with Gasteiger partial charge in [-0.05, 0) is 53.3 Å².